The van der Waals surface area contributed by atoms with Gasteiger partial charge in [0.05, 0.1) is 0 Å². The standard InChI is InChI=1S/C9H16N2O2/c1-6(2)9(13)11-5-3-4-7(11)8(10)12/h6-7H,3-5H2,1-2H3,(H2,10,12)/t7-/m1/s1. The molecule has 0 saturated carbocycles. The second-order valence-corrected chi connectivity index (χ2v) is 3.75. The van der Waals surface area contributed by atoms with Crippen molar-refractivity contribution >= 4 is 11.8 Å². The monoisotopic (exact) mass is 184 g/mol. The predicted molar refractivity (Wildman–Crippen MR) is 48.8 cm³/mol. The zero-order valence-corrected chi connectivity index (χ0v) is 8.12. The van der Waals surface area contributed by atoms with Crippen LogP contribution in [0.5, 0.6) is 0 Å². The van der Waals surface area contributed by atoms with Crippen LogP contribution in [0.3, 0.4) is 0 Å². The maximum absolute atomic E-state index is 11.6. The minimum Gasteiger partial charge on any atom is -0.368 e. The Bertz CT molecular complexity index is 226. The fourth-order valence-electron chi connectivity index (χ4n) is 1.66. The molecule has 0 radical (unpaired) electrons. The van der Waals surface area contributed by atoms with Gasteiger partial charge in [-0.25, -0.2) is 0 Å². The minimum atomic E-state index is -0.383. The van der Waals surface area contributed by atoms with E-state index in [1.165, 1.54) is 0 Å². The van der Waals surface area contributed by atoms with Gasteiger partial charge < -0.3 is 10.6 Å². The van der Waals surface area contributed by atoms with Crippen molar-refractivity contribution in [1.29, 1.82) is 0 Å². The third-order valence-corrected chi connectivity index (χ3v) is 2.36. The Hall–Kier alpha value is -1.06. The molecule has 1 fully saturated rings. The van der Waals surface area contributed by atoms with Crippen molar-refractivity contribution in [2.24, 2.45) is 11.7 Å². The Balaban J connectivity index is 2.68. The van der Waals surface area contributed by atoms with Gasteiger partial charge in [-0.3, -0.25) is 9.59 Å². The smallest absolute Gasteiger partial charge is 0.240 e. The molecule has 0 aromatic heterocycles. The van der Waals surface area contributed by atoms with Gasteiger partial charge in [-0.2, -0.15) is 0 Å². The van der Waals surface area contributed by atoms with Gasteiger partial charge in [0, 0.05) is 12.5 Å². The third kappa shape index (κ3) is 1.99. The van der Waals surface area contributed by atoms with Crippen LogP contribution in [-0.4, -0.2) is 29.3 Å². The lowest BCUT2D eigenvalue weighted by Gasteiger charge is -2.23. The van der Waals surface area contributed by atoms with Crippen molar-refractivity contribution in [2.75, 3.05) is 6.54 Å². The van der Waals surface area contributed by atoms with Gasteiger partial charge in [-0.1, -0.05) is 13.8 Å². The highest BCUT2D eigenvalue weighted by atomic mass is 16.2. The number of hydrogen-bond acceptors (Lipinski definition) is 2. The van der Waals surface area contributed by atoms with E-state index < -0.39 is 0 Å². The average Bonchev–Trinajstić information content (AvgIpc) is 2.50. The van der Waals surface area contributed by atoms with Crippen LogP contribution in [0.4, 0.5) is 0 Å². The molecular weight excluding hydrogens is 168 g/mol. The first-order valence-corrected chi connectivity index (χ1v) is 4.64. The van der Waals surface area contributed by atoms with E-state index in [1.807, 2.05) is 13.8 Å². The van der Waals surface area contributed by atoms with Gasteiger partial charge >= 0.3 is 0 Å². The third-order valence-electron chi connectivity index (χ3n) is 2.36. The Morgan fingerprint density at radius 2 is 2.08 bits per heavy atom. The van der Waals surface area contributed by atoms with E-state index in [2.05, 4.69) is 0 Å². The maximum Gasteiger partial charge on any atom is 0.240 e. The summed E-state index contributed by atoms with van der Waals surface area (Å²) in [6.45, 7) is 4.34. The lowest BCUT2D eigenvalue weighted by molar-refractivity contribution is -0.139. The van der Waals surface area contributed by atoms with Crippen LogP contribution >= 0.6 is 0 Å². The Morgan fingerprint density at radius 1 is 1.46 bits per heavy atom. The molecule has 1 atom stereocenters. The van der Waals surface area contributed by atoms with Crippen LogP contribution in [-0.2, 0) is 9.59 Å². The number of hydrogen-bond donors (Lipinski definition) is 1. The molecule has 74 valence electrons. The molecule has 4 heteroatoms. The van der Waals surface area contributed by atoms with Gasteiger partial charge in [0.25, 0.3) is 0 Å². The molecular formula is C9H16N2O2. The molecule has 0 aromatic rings. The maximum atomic E-state index is 11.6. The molecule has 0 aliphatic carbocycles. The largest absolute Gasteiger partial charge is 0.368 e. The number of nitrogens with zero attached hydrogens (tertiary/aromatic N) is 1. The summed E-state index contributed by atoms with van der Waals surface area (Å²) in [7, 11) is 0. The van der Waals surface area contributed by atoms with Crippen LogP contribution in [0.25, 0.3) is 0 Å². The van der Waals surface area contributed by atoms with Gasteiger partial charge in [-0.15, -0.1) is 0 Å². The van der Waals surface area contributed by atoms with E-state index in [4.69, 9.17) is 5.73 Å². The van der Waals surface area contributed by atoms with Crippen LogP contribution < -0.4 is 5.73 Å². The van der Waals surface area contributed by atoms with E-state index in [0.717, 1.165) is 6.42 Å². The van der Waals surface area contributed by atoms with Crippen molar-refractivity contribution < 1.29 is 9.59 Å². The molecule has 1 aliphatic heterocycles. The van der Waals surface area contributed by atoms with Crippen LogP contribution in [0.1, 0.15) is 26.7 Å². The average molecular weight is 184 g/mol. The molecule has 2 amide bonds. The topological polar surface area (TPSA) is 63.4 Å². The van der Waals surface area contributed by atoms with Crippen LogP contribution in [0.2, 0.25) is 0 Å². The SMILES string of the molecule is CC(C)C(=O)N1CCC[C@@H]1C(N)=O. The van der Waals surface area contributed by atoms with Crippen LogP contribution in [0.15, 0.2) is 0 Å². The summed E-state index contributed by atoms with van der Waals surface area (Å²) in [5.74, 6) is -0.409. The van der Waals surface area contributed by atoms with E-state index >= 15 is 0 Å². The lowest BCUT2D eigenvalue weighted by Crippen LogP contribution is -2.45. The van der Waals surface area contributed by atoms with E-state index in [9.17, 15) is 9.59 Å². The molecule has 1 aliphatic rings. The zero-order valence-electron chi connectivity index (χ0n) is 8.12. The van der Waals surface area contributed by atoms with Crippen molar-refractivity contribution in [1.82, 2.24) is 4.90 Å². The second kappa shape index (κ2) is 3.77. The number of nitrogens with two attached hydrogens (primary N) is 1. The molecule has 13 heavy (non-hydrogen) atoms. The first-order chi connectivity index (χ1) is 6.04. The number of carbonyl (C=O) groups excluding carboxylic acids is 2. The molecule has 1 saturated heterocycles. The predicted octanol–water partition coefficient (Wildman–Crippen LogP) is 0.119. The highest BCUT2D eigenvalue weighted by molar-refractivity contribution is 5.87. The molecule has 1 rings (SSSR count). The number of rotatable bonds is 2. The second-order valence-electron chi connectivity index (χ2n) is 3.75. The van der Waals surface area contributed by atoms with E-state index in [1.54, 1.807) is 4.90 Å². The van der Waals surface area contributed by atoms with Gasteiger partial charge in [0.15, 0.2) is 0 Å². The van der Waals surface area contributed by atoms with E-state index in [-0.39, 0.29) is 23.8 Å². The first-order valence-electron chi connectivity index (χ1n) is 4.64. The van der Waals surface area contributed by atoms with Crippen molar-refractivity contribution in [3.63, 3.8) is 0 Å². The summed E-state index contributed by atoms with van der Waals surface area (Å²) < 4.78 is 0. The quantitative estimate of drug-likeness (QED) is 0.662. The van der Waals surface area contributed by atoms with Crippen molar-refractivity contribution in [3.05, 3.63) is 0 Å². The Kier molecular flexibility index (Phi) is 2.90. The summed E-state index contributed by atoms with van der Waals surface area (Å²) in [4.78, 5) is 24.1. The number of amides is 2. The van der Waals surface area contributed by atoms with Gasteiger partial charge in [0.1, 0.15) is 6.04 Å². The summed E-state index contributed by atoms with van der Waals surface area (Å²) in [6.07, 6.45) is 1.60. The van der Waals surface area contributed by atoms with Gasteiger partial charge in [0.2, 0.25) is 11.8 Å². The fourth-order valence-corrected chi connectivity index (χ4v) is 1.66. The summed E-state index contributed by atoms with van der Waals surface area (Å²) in [6, 6.07) is -0.366. The normalized spacial score (nSPS) is 22.4. The molecule has 0 aromatic carbocycles. The molecule has 0 unspecified atom stereocenters. The summed E-state index contributed by atoms with van der Waals surface area (Å²) in [5, 5.41) is 0. The first kappa shape index (κ1) is 10.0. The van der Waals surface area contributed by atoms with Crippen molar-refractivity contribution in [3.8, 4) is 0 Å². The van der Waals surface area contributed by atoms with Gasteiger partial charge in [-0.05, 0) is 12.8 Å². The van der Waals surface area contributed by atoms with Crippen molar-refractivity contribution in [2.45, 2.75) is 32.7 Å². The molecule has 0 bridgehead atoms. The molecule has 4 nitrogen and oxygen atoms in total. The number of carbonyl (C=O) groups is 2. The number of primary amides is 1. The van der Waals surface area contributed by atoms with Crippen LogP contribution in [0, 0.1) is 5.92 Å². The highest BCUT2D eigenvalue weighted by Crippen LogP contribution is 2.19. The Morgan fingerprint density at radius 3 is 2.54 bits per heavy atom. The zero-order chi connectivity index (χ0) is 10.0. The molecule has 1 heterocycles. The lowest BCUT2D eigenvalue weighted by atomic mass is 10.1. The summed E-state index contributed by atoms with van der Waals surface area (Å²) >= 11 is 0. The fraction of sp³-hybridized carbons (Fsp3) is 0.778. The Labute approximate surface area is 78.1 Å². The molecule has 2 N–H and O–H groups in total. The molecule has 0 spiro atoms. The number of likely N-dealkylation sites (tertiary alicyclic amines) is 1. The highest BCUT2D eigenvalue weighted by Gasteiger charge is 2.33. The minimum absolute atomic E-state index is 0.0290. The van der Waals surface area contributed by atoms with E-state index in [0.29, 0.717) is 13.0 Å². The summed E-state index contributed by atoms with van der Waals surface area (Å²) in [5.41, 5.74) is 5.19.